The van der Waals surface area contributed by atoms with E-state index in [1.807, 2.05) is 51.1 Å². The monoisotopic (exact) mass is 605 g/mol. The zero-order valence-electron chi connectivity index (χ0n) is 26.4. The van der Waals surface area contributed by atoms with Crippen LogP contribution in [0, 0.1) is 0 Å². The van der Waals surface area contributed by atoms with E-state index in [0.717, 1.165) is 55.9 Å². The number of benzene rings is 2. The molecule has 0 saturated carbocycles. The highest BCUT2D eigenvalue weighted by atomic mass is 16.6. The highest BCUT2D eigenvalue weighted by Crippen LogP contribution is 2.30. The van der Waals surface area contributed by atoms with Crippen LogP contribution in [0.3, 0.4) is 0 Å². The van der Waals surface area contributed by atoms with Gasteiger partial charge in [0.25, 0.3) is 5.91 Å². The highest BCUT2D eigenvalue weighted by Gasteiger charge is 2.37. The molecule has 2 amide bonds. The van der Waals surface area contributed by atoms with E-state index in [9.17, 15) is 19.2 Å². The van der Waals surface area contributed by atoms with Gasteiger partial charge in [-0.05, 0) is 76.1 Å². The number of imidazole rings is 1. The van der Waals surface area contributed by atoms with Crippen LogP contribution < -0.4 is 15.3 Å². The molecule has 0 radical (unpaired) electrons. The molecule has 3 heterocycles. The lowest BCUT2D eigenvalue weighted by molar-refractivity contribution is -0.155. The van der Waals surface area contributed by atoms with Crippen LogP contribution in [0.5, 0.6) is 5.75 Å². The summed E-state index contributed by atoms with van der Waals surface area (Å²) in [4.78, 5) is 57.9. The van der Waals surface area contributed by atoms with E-state index in [-0.39, 0.29) is 42.9 Å². The molecule has 5 rings (SSSR count). The van der Waals surface area contributed by atoms with Crippen LogP contribution >= 0.6 is 0 Å². The first kappa shape index (κ1) is 31.3. The smallest absolute Gasteiger partial charge is 0.329 e. The van der Waals surface area contributed by atoms with Gasteiger partial charge in [-0.1, -0.05) is 12.1 Å². The molecule has 236 valence electrons. The van der Waals surface area contributed by atoms with Gasteiger partial charge in [0.1, 0.15) is 17.4 Å². The number of nitrogens with zero attached hydrogens (tertiary/aromatic N) is 5. The Kier molecular flexibility index (Phi) is 9.15. The Balaban J connectivity index is 1.26. The molecule has 0 bridgehead atoms. The largest absolute Gasteiger partial charge is 0.497 e. The molecule has 44 heavy (non-hydrogen) atoms. The molecule has 2 saturated heterocycles. The number of piperidine rings is 1. The zero-order chi connectivity index (χ0) is 31.6. The minimum absolute atomic E-state index is 0.148. The molecule has 0 aliphatic carbocycles. The van der Waals surface area contributed by atoms with Crippen LogP contribution in [-0.2, 0) is 32.7 Å². The molecule has 2 aliphatic heterocycles. The van der Waals surface area contributed by atoms with Gasteiger partial charge < -0.3 is 14.4 Å². The minimum Gasteiger partial charge on any atom is -0.497 e. The average Bonchev–Trinajstić information content (AvgIpc) is 3.24. The lowest BCUT2D eigenvalue weighted by atomic mass is 10.0. The molecule has 1 atom stereocenters. The molecular formula is C33H43N5O6. The number of carbonyl (C=O) groups is 3. The molecule has 0 spiro atoms. The molecule has 1 aromatic heterocycles. The van der Waals surface area contributed by atoms with Gasteiger partial charge in [-0.15, -0.1) is 0 Å². The van der Waals surface area contributed by atoms with Gasteiger partial charge >= 0.3 is 11.7 Å². The van der Waals surface area contributed by atoms with Crippen LogP contribution in [0.4, 0.5) is 5.69 Å². The molecule has 2 aromatic carbocycles. The topological polar surface area (TPSA) is 106 Å². The molecule has 0 N–H and O–H groups in total. The summed E-state index contributed by atoms with van der Waals surface area (Å²) in [6.45, 7) is 10.0. The highest BCUT2D eigenvalue weighted by molar-refractivity contribution is 6.00. The van der Waals surface area contributed by atoms with Crippen LogP contribution in [0.2, 0.25) is 0 Å². The first-order valence-electron chi connectivity index (χ1n) is 15.3. The predicted molar refractivity (Wildman–Crippen MR) is 168 cm³/mol. The summed E-state index contributed by atoms with van der Waals surface area (Å²) >= 11 is 0. The van der Waals surface area contributed by atoms with Crippen molar-refractivity contribution in [2.75, 3.05) is 44.7 Å². The maximum Gasteiger partial charge on any atom is 0.329 e. The van der Waals surface area contributed by atoms with Gasteiger partial charge in [-0.2, -0.15) is 0 Å². The summed E-state index contributed by atoms with van der Waals surface area (Å²) in [6, 6.07) is 12.4. The van der Waals surface area contributed by atoms with Gasteiger partial charge in [0.2, 0.25) is 5.91 Å². The number of anilines is 1. The summed E-state index contributed by atoms with van der Waals surface area (Å²) in [7, 11) is 3.31. The number of amides is 2. The summed E-state index contributed by atoms with van der Waals surface area (Å²) in [5.41, 5.74) is 2.52. The van der Waals surface area contributed by atoms with Crippen LogP contribution in [0.1, 0.15) is 58.1 Å². The van der Waals surface area contributed by atoms with Gasteiger partial charge in [0.15, 0.2) is 0 Å². The lowest BCUT2D eigenvalue weighted by Gasteiger charge is -2.36. The Bertz CT molecular complexity index is 1580. The van der Waals surface area contributed by atoms with Crippen molar-refractivity contribution in [3.63, 3.8) is 0 Å². The first-order valence-corrected chi connectivity index (χ1v) is 15.3. The van der Waals surface area contributed by atoms with E-state index in [1.54, 1.807) is 35.4 Å². The van der Waals surface area contributed by atoms with Crippen molar-refractivity contribution < 1.29 is 23.9 Å². The van der Waals surface area contributed by atoms with Crippen molar-refractivity contribution in [3.8, 4) is 5.75 Å². The van der Waals surface area contributed by atoms with E-state index in [0.29, 0.717) is 17.7 Å². The number of aromatic nitrogens is 2. The number of esters is 1. The van der Waals surface area contributed by atoms with Crippen molar-refractivity contribution in [2.45, 2.75) is 64.6 Å². The van der Waals surface area contributed by atoms with Crippen molar-refractivity contribution in [3.05, 3.63) is 58.5 Å². The quantitative estimate of drug-likeness (QED) is 0.270. The number of imide groups is 1. The van der Waals surface area contributed by atoms with E-state index < -0.39 is 11.6 Å². The predicted octanol–water partition coefficient (Wildman–Crippen LogP) is 3.48. The summed E-state index contributed by atoms with van der Waals surface area (Å²) in [5, 5.41) is 0. The number of rotatable bonds is 9. The molecule has 3 aromatic rings. The fourth-order valence-electron chi connectivity index (χ4n) is 6.06. The minimum atomic E-state index is -0.753. The number of fused-ring (bicyclic) bond motifs is 1. The molecule has 11 heteroatoms. The fourth-order valence-corrected chi connectivity index (χ4v) is 6.06. The van der Waals surface area contributed by atoms with Crippen molar-refractivity contribution in [1.82, 2.24) is 18.9 Å². The Morgan fingerprint density at radius 1 is 0.955 bits per heavy atom. The maximum atomic E-state index is 13.7. The third-order valence-corrected chi connectivity index (χ3v) is 8.38. The number of piperazine rings is 1. The Morgan fingerprint density at radius 3 is 2.32 bits per heavy atom. The second-order valence-electron chi connectivity index (χ2n) is 12.6. The van der Waals surface area contributed by atoms with Gasteiger partial charge in [0.05, 0.1) is 24.7 Å². The van der Waals surface area contributed by atoms with Gasteiger partial charge in [-0.25, -0.2) is 4.79 Å². The maximum absolute atomic E-state index is 13.7. The lowest BCUT2D eigenvalue weighted by Crippen LogP contribution is -2.47. The number of hydrogen-bond donors (Lipinski definition) is 0. The van der Waals surface area contributed by atoms with Gasteiger partial charge in [-0.3, -0.25) is 33.3 Å². The SMILES string of the molecule is COc1ccc(CN2C(=O)CCC(n3c(=O)n(C)c4cc(N5CCN(CCCC(=O)OC(C)(C)C)CC5)ccc43)C2=O)cc1. The number of methoxy groups -OCH3 is 1. The summed E-state index contributed by atoms with van der Waals surface area (Å²) < 4.78 is 13.8. The van der Waals surface area contributed by atoms with Gasteiger partial charge in [0, 0.05) is 51.8 Å². The fraction of sp³-hybridized carbons (Fsp3) is 0.515. The second-order valence-corrected chi connectivity index (χ2v) is 12.6. The summed E-state index contributed by atoms with van der Waals surface area (Å²) in [6.07, 6.45) is 1.65. The first-order chi connectivity index (χ1) is 20.9. The van der Waals surface area contributed by atoms with Crippen LogP contribution in [0.25, 0.3) is 11.0 Å². The standard InChI is InChI=1S/C33H43N5O6/c1-33(2,3)44-30(40)7-6-16-35-17-19-36(20-18-35)24-10-13-26-28(21-24)34(4)32(42)38(26)27-14-15-29(39)37(31(27)41)22-23-8-11-25(43-5)12-9-23/h8-13,21,27H,6-7,14-20,22H2,1-5H3. The van der Waals surface area contributed by atoms with E-state index in [2.05, 4.69) is 9.80 Å². The molecule has 11 nitrogen and oxygen atoms in total. The van der Waals surface area contributed by atoms with Crippen LogP contribution in [-0.4, -0.2) is 82.2 Å². The molecule has 1 unspecified atom stereocenters. The number of aryl methyl sites for hydroxylation is 1. The van der Waals surface area contributed by atoms with Crippen molar-refractivity contribution in [2.24, 2.45) is 7.05 Å². The second kappa shape index (κ2) is 12.9. The molecular weight excluding hydrogens is 562 g/mol. The summed E-state index contributed by atoms with van der Waals surface area (Å²) in [5.74, 6) is -0.0598. The number of ether oxygens (including phenoxy) is 2. The Morgan fingerprint density at radius 2 is 1.66 bits per heavy atom. The van der Waals surface area contributed by atoms with Crippen molar-refractivity contribution >= 4 is 34.5 Å². The number of hydrogen-bond acceptors (Lipinski definition) is 8. The number of carbonyl (C=O) groups excluding carboxylic acids is 3. The normalized spacial score (nSPS) is 18.2. The third-order valence-electron chi connectivity index (χ3n) is 8.38. The van der Waals surface area contributed by atoms with E-state index >= 15 is 0 Å². The van der Waals surface area contributed by atoms with E-state index in [1.165, 1.54) is 4.90 Å². The van der Waals surface area contributed by atoms with E-state index in [4.69, 9.17) is 9.47 Å². The number of likely N-dealkylation sites (tertiary alicyclic amines) is 1. The molecule has 2 aliphatic rings. The third kappa shape index (κ3) is 6.83. The Labute approximate surface area is 257 Å². The zero-order valence-corrected chi connectivity index (χ0v) is 26.4. The molecule has 2 fully saturated rings. The van der Waals surface area contributed by atoms with Crippen LogP contribution in [0.15, 0.2) is 47.3 Å². The Hall–Kier alpha value is -4.12. The average molecular weight is 606 g/mol. The van der Waals surface area contributed by atoms with Crippen molar-refractivity contribution in [1.29, 1.82) is 0 Å².